The lowest BCUT2D eigenvalue weighted by Crippen LogP contribution is -2.27. The number of nitrogens with one attached hydrogen (secondary N) is 1. The molecule has 0 spiro atoms. The SMILES string of the molecule is Cc1cc(Cl)c(COc2cccc3c(-n4cc(F)cn4)cc(C)nc23)c([C@H](C)NC(=O)c2cnco2)c1. The van der Waals surface area contributed by atoms with E-state index in [9.17, 15) is 9.18 Å². The third-order valence-electron chi connectivity index (χ3n) is 5.92. The highest BCUT2D eigenvalue weighted by Crippen LogP contribution is 2.32. The van der Waals surface area contributed by atoms with Gasteiger partial charge in [-0.25, -0.2) is 19.0 Å². The summed E-state index contributed by atoms with van der Waals surface area (Å²) in [5.41, 5.74) is 4.53. The summed E-state index contributed by atoms with van der Waals surface area (Å²) in [6.45, 7) is 5.79. The summed E-state index contributed by atoms with van der Waals surface area (Å²) in [7, 11) is 0. The molecule has 1 atom stereocenters. The number of amides is 1. The number of oxazole rings is 1. The molecule has 3 aromatic heterocycles. The fourth-order valence-corrected chi connectivity index (χ4v) is 4.56. The zero-order valence-electron chi connectivity index (χ0n) is 20.3. The van der Waals surface area contributed by atoms with Crippen LogP contribution < -0.4 is 10.1 Å². The molecule has 0 aliphatic rings. The zero-order valence-corrected chi connectivity index (χ0v) is 21.1. The highest BCUT2D eigenvalue weighted by atomic mass is 35.5. The molecule has 5 rings (SSSR count). The molecule has 0 fully saturated rings. The summed E-state index contributed by atoms with van der Waals surface area (Å²) in [6, 6.07) is 10.8. The minimum atomic E-state index is -0.430. The van der Waals surface area contributed by atoms with Crippen molar-refractivity contribution in [2.45, 2.75) is 33.4 Å². The number of hydrogen-bond donors (Lipinski definition) is 1. The van der Waals surface area contributed by atoms with E-state index < -0.39 is 5.82 Å². The fraction of sp³-hybridized carbons (Fsp3) is 0.185. The first-order chi connectivity index (χ1) is 17.8. The Balaban J connectivity index is 1.47. The van der Waals surface area contributed by atoms with Crippen LogP contribution in [0.3, 0.4) is 0 Å². The van der Waals surface area contributed by atoms with Gasteiger partial charge >= 0.3 is 0 Å². The number of rotatable bonds is 7. The van der Waals surface area contributed by atoms with Crippen molar-refractivity contribution >= 4 is 28.4 Å². The van der Waals surface area contributed by atoms with Gasteiger partial charge in [0.05, 0.1) is 30.3 Å². The number of carbonyl (C=O) groups excluding carboxylic acids is 1. The van der Waals surface area contributed by atoms with Gasteiger partial charge in [0.2, 0.25) is 5.76 Å². The Morgan fingerprint density at radius 3 is 2.81 bits per heavy atom. The summed E-state index contributed by atoms with van der Waals surface area (Å²) in [5, 5.41) is 8.30. The van der Waals surface area contributed by atoms with E-state index in [1.807, 2.05) is 57.2 Å². The number of para-hydroxylation sites is 1. The van der Waals surface area contributed by atoms with Gasteiger partial charge in [-0.15, -0.1) is 0 Å². The summed E-state index contributed by atoms with van der Waals surface area (Å²) >= 11 is 6.65. The maximum atomic E-state index is 13.7. The van der Waals surface area contributed by atoms with Gasteiger partial charge in [0.15, 0.2) is 12.2 Å². The highest BCUT2D eigenvalue weighted by molar-refractivity contribution is 6.31. The van der Waals surface area contributed by atoms with E-state index in [1.54, 1.807) is 0 Å². The van der Waals surface area contributed by atoms with Gasteiger partial charge in [-0.2, -0.15) is 5.10 Å². The highest BCUT2D eigenvalue weighted by Gasteiger charge is 2.20. The average molecular weight is 520 g/mol. The minimum absolute atomic E-state index is 0.119. The van der Waals surface area contributed by atoms with E-state index in [-0.39, 0.29) is 24.3 Å². The maximum absolute atomic E-state index is 13.7. The number of pyridine rings is 1. The van der Waals surface area contributed by atoms with E-state index in [0.29, 0.717) is 22.0 Å². The molecule has 0 aliphatic carbocycles. The minimum Gasteiger partial charge on any atom is -0.487 e. The van der Waals surface area contributed by atoms with E-state index in [2.05, 4.69) is 20.4 Å². The first-order valence-electron chi connectivity index (χ1n) is 11.5. The molecular weight excluding hydrogens is 497 g/mol. The molecule has 3 heterocycles. The molecule has 0 saturated carbocycles. The van der Waals surface area contributed by atoms with Crippen LogP contribution in [0.2, 0.25) is 5.02 Å². The Morgan fingerprint density at radius 2 is 2.08 bits per heavy atom. The van der Waals surface area contributed by atoms with Crippen LogP contribution in [-0.4, -0.2) is 25.7 Å². The number of halogens is 2. The molecule has 8 nitrogen and oxygen atoms in total. The molecule has 0 bridgehead atoms. The Hall–Kier alpha value is -4.24. The van der Waals surface area contributed by atoms with Crippen molar-refractivity contribution in [3.63, 3.8) is 0 Å². The van der Waals surface area contributed by atoms with Crippen molar-refractivity contribution in [3.8, 4) is 11.4 Å². The van der Waals surface area contributed by atoms with Gasteiger partial charge in [-0.05, 0) is 50.1 Å². The van der Waals surface area contributed by atoms with Gasteiger partial charge in [0.1, 0.15) is 17.9 Å². The monoisotopic (exact) mass is 519 g/mol. The molecule has 2 aromatic carbocycles. The molecule has 0 saturated heterocycles. The van der Waals surface area contributed by atoms with Crippen molar-refractivity contribution in [3.05, 3.63) is 100 Å². The van der Waals surface area contributed by atoms with E-state index in [0.717, 1.165) is 34.0 Å². The standard InChI is InChI=1S/C27H23ClFN5O3/c1-15-7-20(17(3)33-27(35)25-11-30-14-37-25)21(22(28)8-15)13-36-24-6-4-5-19-23(9-16(2)32-26(19)24)34-12-18(29)10-31-34/h4-12,14,17H,13H2,1-3H3,(H,33,35)/t17-/m0/s1. The molecule has 0 aliphatic heterocycles. The Kier molecular flexibility index (Phi) is 6.62. The van der Waals surface area contributed by atoms with Crippen LogP contribution in [0.25, 0.3) is 16.6 Å². The molecule has 0 unspecified atom stereocenters. The van der Waals surface area contributed by atoms with Gasteiger partial charge in [-0.3, -0.25) is 4.79 Å². The fourth-order valence-electron chi connectivity index (χ4n) is 4.23. The maximum Gasteiger partial charge on any atom is 0.289 e. The predicted octanol–water partition coefficient (Wildman–Crippen LogP) is 5.89. The summed E-state index contributed by atoms with van der Waals surface area (Å²) in [6.07, 6.45) is 5.03. The lowest BCUT2D eigenvalue weighted by atomic mass is 9.99. The normalized spacial score (nSPS) is 12.0. The third kappa shape index (κ3) is 5.03. The first-order valence-corrected chi connectivity index (χ1v) is 11.9. The van der Waals surface area contributed by atoms with Crippen LogP contribution in [-0.2, 0) is 6.61 Å². The predicted molar refractivity (Wildman–Crippen MR) is 136 cm³/mol. The number of aryl methyl sites for hydroxylation is 2. The molecule has 0 radical (unpaired) electrons. The summed E-state index contributed by atoms with van der Waals surface area (Å²) in [4.78, 5) is 21.0. The van der Waals surface area contributed by atoms with Crippen molar-refractivity contribution in [1.82, 2.24) is 25.1 Å². The molecule has 1 amide bonds. The van der Waals surface area contributed by atoms with Crippen molar-refractivity contribution in [1.29, 1.82) is 0 Å². The largest absolute Gasteiger partial charge is 0.487 e. The topological polar surface area (TPSA) is 95.1 Å². The number of ether oxygens (including phenoxy) is 1. The Labute approximate surface area is 217 Å². The van der Waals surface area contributed by atoms with E-state index in [1.165, 1.54) is 23.5 Å². The number of nitrogens with zero attached hydrogens (tertiary/aromatic N) is 4. The van der Waals surface area contributed by atoms with Gasteiger partial charge in [0, 0.05) is 21.7 Å². The van der Waals surface area contributed by atoms with Gasteiger partial charge in [0.25, 0.3) is 5.91 Å². The first kappa shape index (κ1) is 24.5. The third-order valence-corrected chi connectivity index (χ3v) is 6.26. The summed E-state index contributed by atoms with van der Waals surface area (Å²) in [5.74, 6) is -0.156. The summed E-state index contributed by atoms with van der Waals surface area (Å²) < 4.78 is 26.5. The van der Waals surface area contributed by atoms with E-state index in [4.69, 9.17) is 20.8 Å². The van der Waals surface area contributed by atoms with Gasteiger partial charge < -0.3 is 14.5 Å². The average Bonchev–Trinajstić information content (AvgIpc) is 3.55. The smallest absolute Gasteiger partial charge is 0.289 e. The van der Waals surface area contributed by atoms with Crippen LogP contribution in [0.1, 0.15) is 45.9 Å². The van der Waals surface area contributed by atoms with E-state index >= 15 is 0 Å². The number of aromatic nitrogens is 4. The molecule has 1 N–H and O–H groups in total. The number of benzene rings is 2. The van der Waals surface area contributed by atoms with Crippen molar-refractivity contribution < 1.29 is 18.3 Å². The molecule has 37 heavy (non-hydrogen) atoms. The molecular formula is C27H23ClFN5O3. The molecule has 10 heteroatoms. The molecule has 188 valence electrons. The Morgan fingerprint density at radius 1 is 1.24 bits per heavy atom. The van der Waals surface area contributed by atoms with Crippen molar-refractivity contribution in [2.75, 3.05) is 0 Å². The second-order valence-corrected chi connectivity index (χ2v) is 9.11. The van der Waals surface area contributed by atoms with Crippen LogP contribution in [0.15, 0.2) is 65.8 Å². The number of fused-ring (bicyclic) bond motifs is 1. The van der Waals surface area contributed by atoms with Crippen LogP contribution in [0.5, 0.6) is 5.75 Å². The molecule has 5 aromatic rings. The quantitative estimate of drug-likeness (QED) is 0.288. The van der Waals surface area contributed by atoms with Crippen LogP contribution in [0, 0.1) is 19.7 Å². The van der Waals surface area contributed by atoms with Crippen LogP contribution in [0.4, 0.5) is 4.39 Å². The second-order valence-electron chi connectivity index (χ2n) is 8.70. The number of carbonyl (C=O) groups is 1. The van der Waals surface area contributed by atoms with Gasteiger partial charge in [-0.1, -0.05) is 29.8 Å². The lowest BCUT2D eigenvalue weighted by molar-refractivity contribution is 0.0911. The van der Waals surface area contributed by atoms with Crippen LogP contribution >= 0.6 is 11.6 Å². The Bertz CT molecular complexity index is 1600. The lowest BCUT2D eigenvalue weighted by Gasteiger charge is -2.20. The second kappa shape index (κ2) is 10.0. The number of hydrogen-bond acceptors (Lipinski definition) is 6. The van der Waals surface area contributed by atoms with Crippen molar-refractivity contribution in [2.24, 2.45) is 0 Å². The zero-order chi connectivity index (χ0) is 26.1.